The molecule has 0 unspecified atom stereocenters. The van der Waals surface area contributed by atoms with E-state index in [1.54, 1.807) is 7.05 Å². The van der Waals surface area contributed by atoms with Gasteiger partial charge in [0.1, 0.15) is 10.7 Å². The van der Waals surface area contributed by atoms with E-state index in [9.17, 15) is 18.5 Å². The first-order valence-corrected chi connectivity index (χ1v) is 7.30. The Kier molecular flexibility index (Phi) is 3.80. The highest BCUT2D eigenvalue weighted by molar-refractivity contribution is 7.92. The number of anilines is 2. The summed E-state index contributed by atoms with van der Waals surface area (Å²) in [6, 6.07) is 4.99. The highest BCUT2D eigenvalue weighted by Gasteiger charge is 2.22. The predicted octanol–water partition coefficient (Wildman–Crippen LogP) is 1.17. The molecule has 0 aliphatic rings. The maximum Gasteiger partial charge on any atom is 0.271 e. The second-order valence-electron chi connectivity index (χ2n) is 4.13. The summed E-state index contributed by atoms with van der Waals surface area (Å²) in [7, 11) is -0.809. The van der Waals surface area contributed by atoms with E-state index in [-0.39, 0.29) is 22.1 Å². The molecule has 0 atom stereocenters. The maximum absolute atomic E-state index is 12.4. The second kappa shape index (κ2) is 5.40. The number of aromatic nitrogens is 2. The lowest BCUT2D eigenvalue weighted by molar-refractivity contribution is -0.384. The second-order valence-corrected chi connectivity index (χ2v) is 5.78. The van der Waals surface area contributed by atoms with Gasteiger partial charge in [-0.25, -0.2) is 8.42 Å². The zero-order valence-electron chi connectivity index (χ0n) is 11.3. The van der Waals surface area contributed by atoms with E-state index >= 15 is 0 Å². The standard InChI is InChI=1S/C11H13N5O4S/c1-12-9-7-8(16(17)18)3-4-10(9)21(19,20)14-11-5-6-13-15(11)2/h3-7,12,14H,1-2H3. The third-order valence-electron chi connectivity index (χ3n) is 2.79. The molecule has 1 aromatic carbocycles. The fourth-order valence-electron chi connectivity index (χ4n) is 1.73. The summed E-state index contributed by atoms with van der Waals surface area (Å²) in [5.41, 5.74) is -0.0577. The Balaban J connectivity index is 2.45. The Labute approximate surface area is 120 Å². The average molecular weight is 311 g/mol. The van der Waals surface area contributed by atoms with Crippen molar-refractivity contribution in [1.29, 1.82) is 0 Å². The normalized spacial score (nSPS) is 11.1. The Morgan fingerprint density at radius 3 is 2.57 bits per heavy atom. The van der Waals surface area contributed by atoms with Crippen molar-refractivity contribution in [2.75, 3.05) is 17.1 Å². The fourth-order valence-corrected chi connectivity index (χ4v) is 3.01. The molecule has 21 heavy (non-hydrogen) atoms. The van der Waals surface area contributed by atoms with Crippen LogP contribution in [0.4, 0.5) is 17.2 Å². The van der Waals surface area contributed by atoms with Gasteiger partial charge in [0.05, 0.1) is 16.8 Å². The quantitative estimate of drug-likeness (QED) is 0.632. The minimum absolute atomic E-state index is 0.0863. The predicted molar refractivity (Wildman–Crippen MR) is 76.7 cm³/mol. The van der Waals surface area contributed by atoms with Gasteiger partial charge in [0.25, 0.3) is 15.7 Å². The summed E-state index contributed by atoms with van der Waals surface area (Å²) in [6.45, 7) is 0. The van der Waals surface area contributed by atoms with Crippen LogP contribution < -0.4 is 10.0 Å². The minimum atomic E-state index is -3.89. The molecule has 0 radical (unpaired) electrons. The minimum Gasteiger partial charge on any atom is -0.387 e. The summed E-state index contributed by atoms with van der Waals surface area (Å²) < 4.78 is 28.4. The molecule has 9 nitrogen and oxygen atoms in total. The third kappa shape index (κ3) is 2.94. The van der Waals surface area contributed by atoms with Crippen molar-refractivity contribution in [3.8, 4) is 0 Å². The molecule has 2 rings (SSSR count). The van der Waals surface area contributed by atoms with E-state index in [2.05, 4.69) is 15.1 Å². The van der Waals surface area contributed by atoms with Crippen LogP contribution >= 0.6 is 0 Å². The van der Waals surface area contributed by atoms with Gasteiger partial charge in [-0.2, -0.15) is 5.10 Å². The number of nitrogens with one attached hydrogen (secondary N) is 2. The van der Waals surface area contributed by atoms with Crippen LogP contribution in [0.5, 0.6) is 0 Å². The van der Waals surface area contributed by atoms with Gasteiger partial charge in [0.2, 0.25) is 0 Å². The molecule has 0 saturated heterocycles. The molecule has 1 heterocycles. The molecule has 0 amide bonds. The molecule has 0 saturated carbocycles. The largest absolute Gasteiger partial charge is 0.387 e. The molecule has 0 bridgehead atoms. The van der Waals surface area contributed by atoms with Crippen LogP contribution in [0.2, 0.25) is 0 Å². The van der Waals surface area contributed by atoms with E-state index in [0.717, 1.165) is 12.1 Å². The highest BCUT2D eigenvalue weighted by Crippen LogP contribution is 2.27. The lowest BCUT2D eigenvalue weighted by atomic mass is 10.3. The number of non-ortho nitro benzene ring substituents is 1. The monoisotopic (exact) mass is 311 g/mol. The number of rotatable bonds is 5. The van der Waals surface area contributed by atoms with Gasteiger partial charge in [-0.3, -0.25) is 19.5 Å². The number of hydrogen-bond acceptors (Lipinski definition) is 6. The summed E-state index contributed by atoms with van der Waals surface area (Å²) in [6.07, 6.45) is 1.45. The summed E-state index contributed by atoms with van der Waals surface area (Å²) in [5, 5.41) is 17.2. The number of aryl methyl sites for hydroxylation is 1. The van der Waals surface area contributed by atoms with Crippen molar-refractivity contribution in [3.63, 3.8) is 0 Å². The molecule has 2 aromatic rings. The van der Waals surface area contributed by atoms with Gasteiger partial charge >= 0.3 is 0 Å². The number of nitrogens with zero attached hydrogens (tertiary/aromatic N) is 3. The van der Waals surface area contributed by atoms with Crippen molar-refractivity contribution in [2.24, 2.45) is 7.05 Å². The SMILES string of the molecule is CNc1cc([N+](=O)[O-])ccc1S(=O)(=O)Nc1ccnn1C. The van der Waals surface area contributed by atoms with Crippen molar-refractivity contribution < 1.29 is 13.3 Å². The zero-order chi connectivity index (χ0) is 15.6. The molecule has 0 aliphatic carbocycles. The smallest absolute Gasteiger partial charge is 0.271 e. The Morgan fingerprint density at radius 2 is 2.05 bits per heavy atom. The van der Waals surface area contributed by atoms with Crippen LogP contribution in [0.1, 0.15) is 0 Å². The lowest BCUT2D eigenvalue weighted by Gasteiger charge is -2.11. The number of benzene rings is 1. The Bertz CT molecular complexity index is 784. The van der Waals surface area contributed by atoms with E-state index in [1.165, 1.54) is 30.1 Å². The van der Waals surface area contributed by atoms with Crippen LogP contribution in [-0.2, 0) is 17.1 Å². The number of sulfonamides is 1. The van der Waals surface area contributed by atoms with Gasteiger partial charge in [-0.1, -0.05) is 0 Å². The summed E-state index contributed by atoms with van der Waals surface area (Å²) >= 11 is 0. The van der Waals surface area contributed by atoms with Crippen LogP contribution in [-0.4, -0.2) is 30.2 Å². The average Bonchev–Trinajstić information content (AvgIpc) is 2.82. The molecule has 10 heteroatoms. The molecule has 1 aromatic heterocycles. The molecule has 0 aliphatic heterocycles. The third-order valence-corrected chi connectivity index (χ3v) is 4.21. The zero-order valence-corrected chi connectivity index (χ0v) is 12.1. The number of nitro groups is 1. The first-order chi connectivity index (χ1) is 9.85. The van der Waals surface area contributed by atoms with Crippen molar-refractivity contribution >= 4 is 27.2 Å². The lowest BCUT2D eigenvalue weighted by Crippen LogP contribution is -2.17. The fraction of sp³-hybridized carbons (Fsp3) is 0.182. The van der Waals surface area contributed by atoms with E-state index in [4.69, 9.17) is 0 Å². The topological polar surface area (TPSA) is 119 Å². The first kappa shape index (κ1) is 14.8. The van der Waals surface area contributed by atoms with Crippen molar-refractivity contribution in [3.05, 3.63) is 40.6 Å². The van der Waals surface area contributed by atoms with Gasteiger partial charge in [-0.15, -0.1) is 0 Å². The van der Waals surface area contributed by atoms with E-state index in [0.29, 0.717) is 0 Å². The van der Waals surface area contributed by atoms with E-state index in [1.807, 2.05) is 0 Å². The summed E-state index contributed by atoms with van der Waals surface area (Å²) in [5.74, 6) is 0.287. The molecule has 0 fully saturated rings. The highest BCUT2D eigenvalue weighted by atomic mass is 32.2. The van der Waals surface area contributed by atoms with Gasteiger partial charge in [0.15, 0.2) is 0 Å². The Hall–Kier alpha value is -2.62. The van der Waals surface area contributed by atoms with Crippen LogP contribution in [0, 0.1) is 10.1 Å². The molecule has 2 N–H and O–H groups in total. The number of nitro benzene ring substituents is 1. The van der Waals surface area contributed by atoms with Gasteiger partial charge in [-0.05, 0) is 6.07 Å². The molecule has 0 spiro atoms. The first-order valence-electron chi connectivity index (χ1n) is 5.82. The Morgan fingerprint density at radius 1 is 1.33 bits per heavy atom. The van der Waals surface area contributed by atoms with Crippen LogP contribution in [0.15, 0.2) is 35.4 Å². The van der Waals surface area contributed by atoms with Crippen molar-refractivity contribution in [1.82, 2.24) is 9.78 Å². The van der Waals surface area contributed by atoms with Crippen molar-refractivity contribution in [2.45, 2.75) is 4.90 Å². The van der Waals surface area contributed by atoms with Crippen LogP contribution in [0.25, 0.3) is 0 Å². The molecular formula is C11H13N5O4S. The molecule has 112 valence electrons. The maximum atomic E-state index is 12.4. The summed E-state index contributed by atoms with van der Waals surface area (Å²) in [4.78, 5) is 10.1. The van der Waals surface area contributed by atoms with E-state index < -0.39 is 14.9 Å². The molecular weight excluding hydrogens is 298 g/mol. The van der Waals surface area contributed by atoms with Gasteiger partial charge in [0, 0.05) is 32.3 Å². The van der Waals surface area contributed by atoms with Crippen LogP contribution in [0.3, 0.4) is 0 Å². The van der Waals surface area contributed by atoms with Gasteiger partial charge < -0.3 is 5.32 Å². The number of hydrogen-bond donors (Lipinski definition) is 2.